The molecule has 138 valence electrons. The fraction of sp³-hybridized carbons (Fsp3) is 0.217. The fourth-order valence-corrected chi connectivity index (χ4v) is 3.07. The quantitative estimate of drug-likeness (QED) is 0.643. The predicted molar refractivity (Wildman–Crippen MR) is 107 cm³/mol. The number of carbonyl (C=O) groups excluding carboxylic acids is 1. The highest BCUT2D eigenvalue weighted by Gasteiger charge is 2.23. The van der Waals surface area contributed by atoms with Gasteiger partial charge in [-0.2, -0.15) is 0 Å². The van der Waals surface area contributed by atoms with Gasteiger partial charge in [-0.15, -0.1) is 0 Å². The summed E-state index contributed by atoms with van der Waals surface area (Å²) in [5.41, 5.74) is 9.67. The Morgan fingerprint density at radius 2 is 1.67 bits per heavy atom. The van der Waals surface area contributed by atoms with Gasteiger partial charge in [0.25, 0.3) is 0 Å². The molecule has 1 amide bonds. The van der Waals surface area contributed by atoms with E-state index in [1.807, 2.05) is 79.9 Å². The Hall–Kier alpha value is -2.98. The van der Waals surface area contributed by atoms with E-state index in [0.29, 0.717) is 6.42 Å². The van der Waals surface area contributed by atoms with Crippen molar-refractivity contribution < 1.29 is 9.53 Å². The molecule has 0 aliphatic carbocycles. The van der Waals surface area contributed by atoms with Crippen LogP contribution in [-0.2, 0) is 9.53 Å². The SMILES string of the molecule is CCCC(OC(c1ccccc1)c1ccc(-c2cccnc2)cc1)C(N)=O. The van der Waals surface area contributed by atoms with E-state index in [-0.39, 0.29) is 6.10 Å². The number of amides is 1. The fourth-order valence-electron chi connectivity index (χ4n) is 3.07. The van der Waals surface area contributed by atoms with E-state index in [1.165, 1.54) is 0 Å². The van der Waals surface area contributed by atoms with Crippen LogP contribution in [0.1, 0.15) is 37.0 Å². The van der Waals surface area contributed by atoms with E-state index in [9.17, 15) is 4.79 Å². The van der Waals surface area contributed by atoms with Gasteiger partial charge in [0, 0.05) is 12.4 Å². The summed E-state index contributed by atoms with van der Waals surface area (Å²) >= 11 is 0. The maximum atomic E-state index is 11.8. The Morgan fingerprint density at radius 1 is 0.963 bits per heavy atom. The van der Waals surface area contributed by atoms with E-state index in [2.05, 4.69) is 4.98 Å². The number of nitrogens with zero attached hydrogens (tertiary/aromatic N) is 1. The van der Waals surface area contributed by atoms with Crippen molar-refractivity contribution in [3.63, 3.8) is 0 Å². The standard InChI is InChI=1S/C23H24N2O2/c1-2-7-21(23(24)26)27-22(18-8-4-3-5-9-18)19-13-11-17(12-14-19)20-10-6-15-25-16-20/h3-6,8-16,21-22H,2,7H2,1H3,(H2,24,26). The second kappa shape index (κ2) is 9.10. The molecule has 3 aromatic rings. The summed E-state index contributed by atoms with van der Waals surface area (Å²) in [6.45, 7) is 2.01. The van der Waals surface area contributed by atoms with Gasteiger partial charge in [0.05, 0.1) is 0 Å². The number of hydrogen-bond acceptors (Lipinski definition) is 3. The largest absolute Gasteiger partial charge is 0.367 e. The average molecular weight is 360 g/mol. The minimum Gasteiger partial charge on any atom is -0.367 e. The van der Waals surface area contributed by atoms with E-state index >= 15 is 0 Å². The lowest BCUT2D eigenvalue weighted by molar-refractivity contribution is -0.132. The molecular weight excluding hydrogens is 336 g/mol. The summed E-state index contributed by atoms with van der Waals surface area (Å²) in [5.74, 6) is -0.426. The Balaban J connectivity index is 1.92. The van der Waals surface area contributed by atoms with Crippen molar-refractivity contribution in [2.45, 2.75) is 32.0 Å². The van der Waals surface area contributed by atoms with E-state index in [4.69, 9.17) is 10.5 Å². The third-order valence-corrected chi connectivity index (χ3v) is 4.48. The van der Waals surface area contributed by atoms with Crippen LogP contribution in [0, 0.1) is 0 Å². The average Bonchev–Trinajstić information content (AvgIpc) is 2.72. The first-order chi connectivity index (χ1) is 13.2. The number of ether oxygens (including phenoxy) is 1. The zero-order valence-electron chi connectivity index (χ0n) is 15.4. The van der Waals surface area contributed by atoms with Gasteiger partial charge < -0.3 is 10.5 Å². The van der Waals surface area contributed by atoms with Crippen LogP contribution in [0.4, 0.5) is 0 Å². The third kappa shape index (κ3) is 4.80. The molecule has 27 heavy (non-hydrogen) atoms. The maximum absolute atomic E-state index is 11.8. The van der Waals surface area contributed by atoms with Crippen molar-refractivity contribution in [1.29, 1.82) is 0 Å². The smallest absolute Gasteiger partial charge is 0.246 e. The number of hydrogen-bond donors (Lipinski definition) is 1. The van der Waals surface area contributed by atoms with Gasteiger partial charge >= 0.3 is 0 Å². The van der Waals surface area contributed by atoms with Crippen LogP contribution in [0.5, 0.6) is 0 Å². The van der Waals surface area contributed by atoms with Crippen molar-refractivity contribution in [3.8, 4) is 11.1 Å². The maximum Gasteiger partial charge on any atom is 0.246 e. The number of rotatable bonds is 8. The monoisotopic (exact) mass is 360 g/mol. The molecule has 1 aromatic heterocycles. The molecule has 4 nitrogen and oxygen atoms in total. The van der Waals surface area contributed by atoms with Crippen LogP contribution in [0.25, 0.3) is 11.1 Å². The molecule has 0 bridgehead atoms. The molecule has 0 saturated carbocycles. The molecule has 2 unspecified atom stereocenters. The van der Waals surface area contributed by atoms with Crippen molar-refractivity contribution >= 4 is 5.91 Å². The Kier molecular flexibility index (Phi) is 6.34. The summed E-state index contributed by atoms with van der Waals surface area (Å²) < 4.78 is 6.18. The topological polar surface area (TPSA) is 65.2 Å². The van der Waals surface area contributed by atoms with Gasteiger partial charge in [-0.1, -0.05) is 74.0 Å². The van der Waals surface area contributed by atoms with Gasteiger partial charge in [0.2, 0.25) is 5.91 Å². The number of primary amides is 1. The summed E-state index contributed by atoms with van der Waals surface area (Å²) in [6, 6.07) is 22.0. The molecule has 0 spiro atoms. The van der Waals surface area contributed by atoms with Gasteiger partial charge in [-0.05, 0) is 34.7 Å². The van der Waals surface area contributed by atoms with Gasteiger partial charge in [-0.3, -0.25) is 9.78 Å². The molecule has 2 atom stereocenters. The van der Waals surface area contributed by atoms with Crippen LogP contribution in [-0.4, -0.2) is 17.0 Å². The summed E-state index contributed by atoms with van der Waals surface area (Å²) in [6.07, 6.45) is 4.07. The van der Waals surface area contributed by atoms with E-state index in [1.54, 1.807) is 6.20 Å². The third-order valence-electron chi connectivity index (χ3n) is 4.48. The molecule has 1 heterocycles. The summed E-state index contributed by atoms with van der Waals surface area (Å²) in [5, 5.41) is 0. The highest BCUT2D eigenvalue weighted by Crippen LogP contribution is 2.30. The molecule has 0 radical (unpaired) electrons. The second-order valence-electron chi connectivity index (χ2n) is 6.47. The molecule has 3 rings (SSSR count). The van der Waals surface area contributed by atoms with Gasteiger partial charge in [0.15, 0.2) is 0 Å². The zero-order valence-corrected chi connectivity index (χ0v) is 15.4. The molecule has 2 N–H and O–H groups in total. The Bertz CT molecular complexity index is 849. The number of carbonyl (C=O) groups is 1. The van der Waals surface area contributed by atoms with E-state index < -0.39 is 12.0 Å². The molecule has 2 aromatic carbocycles. The molecule has 0 aliphatic heterocycles. The Labute approximate surface area is 160 Å². The van der Waals surface area contributed by atoms with Crippen molar-refractivity contribution in [2.24, 2.45) is 5.73 Å². The zero-order chi connectivity index (χ0) is 19.1. The normalized spacial score (nSPS) is 13.1. The van der Waals surface area contributed by atoms with Crippen molar-refractivity contribution in [3.05, 3.63) is 90.3 Å². The Morgan fingerprint density at radius 3 is 2.26 bits per heavy atom. The lowest BCUT2D eigenvalue weighted by atomic mass is 9.98. The number of pyridine rings is 1. The molecule has 0 saturated heterocycles. The highest BCUT2D eigenvalue weighted by atomic mass is 16.5. The van der Waals surface area contributed by atoms with E-state index in [0.717, 1.165) is 28.7 Å². The van der Waals surface area contributed by atoms with Gasteiger partial charge in [0.1, 0.15) is 12.2 Å². The van der Waals surface area contributed by atoms with Crippen LogP contribution in [0.2, 0.25) is 0 Å². The number of benzene rings is 2. The first-order valence-corrected chi connectivity index (χ1v) is 9.19. The minimum atomic E-state index is -0.613. The molecular formula is C23H24N2O2. The van der Waals surface area contributed by atoms with Gasteiger partial charge in [-0.25, -0.2) is 0 Å². The molecule has 4 heteroatoms. The van der Waals surface area contributed by atoms with Crippen LogP contribution in [0.15, 0.2) is 79.1 Å². The van der Waals surface area contributed by atoms with Crippen molar-refractivity contribution in [1.82, 2.24) is 4.98 Å². The lowest BCUT2D eigenvalue weighted by Gasteiger charge is -2.24. The van der Waals surface area contributed by atoms with Crippen LogP contribution < -0.4 is 5.73 Å². The summed E-state index contributed by atoms with van der Waals surface area (Å²) in [4.78, 5) is 16.0. The first-order valence-electron chi connectivity index (χ1n) is 9.19. The molecule has 0 fully saturated rings. The number of nitrogens with two attached hydrogens (primary N) is 1. The minimum absolute atomic E-state index is 0.349. The second-order valence-corrected chi connectivity index (χ2v) is 6.47. The van der Waals surface area contributed by atoms with Crippen LogP contribution >= 0.6 is 0 Å². The molecule has 0 aliphatic rings. The van der Waals surface area contributed by atoms with Crippen LogP contribution in [0.3, 0.4) is 0 Å². The predicted octanol–water partition coefficient (Wildman–Crippen LogP) is 4.51. The number of aromatic nitrogens is 1. The first kappa shape index (κ1) is 18.8. The van der Waals surface area contributed by atoms with Crippen molar-refractivity contribution in [2.75, 3.05) is 0 Å². The highest BCUT2D eigenvalue weighted by molar-refractivity contribution is 5.78. The lowest BCUT2D eigenvalue weighted by Crippen LogP contribution is -2.32. The summed E-state index contributed by atoms with van der Waals surface area (Å²) in [7, 11) is 0.